The largest absolute Gasteiger partial charge is 0.454 e. The summed E-state index contributed by atoms with van der Waals surface area (Å²) in [5, 5.41) is 11.3. The van der Waals surface area contributed by atoms with E-state index in [-0.39, 0.29) is 17.1 Å². The number of hydrogen-bond donors (Lipinski definition) is 2. The van der Waals surface area contributed by atoms with Crippen LogP contribution in [0.4, 0.5) is 4.39 Å². The van der Waals surface area contributed by atoms with Crippen molar-refractivity contribution in [1.29, 1.82) is 0 Å². The van der Waals surface area contributed by atoms with Gasteiger partial charge in [-0.25, -0.2) is 4.39 Å². The normalized spacial score (nSPS) is 11.3. The van der Waals surface area contributed by atoms with E-state index in [0.717, 1.165) is 6.07 Å². The Morgan fingerprint density at radius 3 is 2.50 bits per heavy atom. The third kappa shape index (κ3) is 2.57. The first-order chi connectivity index (χ1) is 8.70. The van der Waals surface area contributed by atoms with Gasteiger partial charge < -0.3 is 15.7 Å². The molecule has 0 radical (unpaired) electrons. The lowest BCUT2D eigenvalue weighted by atomic mass is 10.2. The molecule has 0 aliphatic carbocycles. The van der Waals surface area contributed by atoms with E-state index in [2.05, 4.69) is 5.16 Å². The fraction of sp³-hybridized carbons (Fsp3) is 0. The molecule has 0 aromatic heterocycles. The first kappa shape index (κ1) is 11.9. The van der Waals surface area contributed by atoms with Crippen LogP contribution in [0, 0.1) is 5.82 Å². The van der Waals surface area contributed by atoms with Crippen molar-refractivity contribution in [3.8, 4) is 11.5 Å². The summed E-state index contributed by atoms with van der Waals surface area (Å²) >= 11 is 0. The molecule has 0 amide bonds. The van der Waals surface area contributed by atoms with E-state index in [9.17, 15) is 4.39 Å². The molecule has 0 aliphatic heterocycles. The van der Waals surface area contributed by atoms with Gasteiger partial charge in [0, 0.05) is 5.56 Å². The maximum absolute atomic E-state index is 13.7. The summed E-state index contributed by atoms with van der Waals surface area (Å²) in [6, 6.07) is 12.9. The van der Waals surface area contributed by atoms with Gasteiger partial charge in [0.2, 0.25) is 0 Å². The molecule has 0 saturated carbocycles. The highest BCUT2D eigenvalue weighted by atomic mass is 19.1. The van der Waals surface area contributed by atoms with E-state index in [1.165, 1.54) is 12.1 Å². The molecule has 2 rings (SSSR count). The first-order valence-corrected chi connectivity index (χ1v) is 5.21. The molecular formula is C13H11FN2O2. The fourth-order valence-corrected chi connectivity index (χ4v) is 1.42. The van der Waals surface area contributed by atoms with Crippen molar-refractivity contribution in [3.63, 3.8) is 0 Å². The Kier molecular flexibility index (Phi) is 3.43. The van der Waals surface area contributed by atoms with E-state index in [1.807, 2.05) is 6.07 Å². The number of nitrogens with zero attached hydrogens (tertiary/aromatic N) is 1. The summed E-state index contributed by atoms with van der Waals surface area (Å²) in [6.07, 6.45) is 0. The summed E-state index contributed by atoms with van der Waals surface area (Å²) in [6.45, 7) is 0. The number of benzene rings is 2. The van der Waals surface area contributed by atoms with Crippen molar-refractivity contribution in [3.05, 3.63) is 59.9 Å². The van der Waals surface area contributed by atoms with Crippen molar-refractivity contribution < 1.29 is 14.3 Å². The van der Waals surface area contributed by atoms with E-state index in [0.29, 0.717) is 5.75 Å². The minimum Gasteiger partial charge on any atom is -0.454 e. The Hall–Kier alpha value is -2.56. The second-order valence-corrected chi connectivity index (χ2v) is 3.55. The molecule has 2 aromatic carbocycles. The third-order valence-electron chi connectivity index (χ3n) is 2.31. The number of ether oxygens (including phenoxy) is 1. The molecule has 18 heavy (non-hydrogen) atoms. The molecule has 4 nitrogen and oxygen atoms in total. The van der Waals surface area contributed by atoms with Crippen LogP contribution in [0.2, 0.25) is 0 Å². The third-order valence-corrected chi connectivity index (χ3v) is 2.31. The Bertz CT molecular complexity index is 570. The Morgan fingerprint density at radius 2 is 1.89 bits per heavy atom. The van der Waals surface area contributed by atoms with Crippen molar-refractivity contribution in [2.45, 2.75) is 0 Å². The number of nitrogens with two attached hydrogens (primary N) is 1. The Labute approximate surface area is 103 Å². The fourth-order valence-electron chi connectivity index (χ4n) is 1.42. The minimum absolute atomic E-state index is 0.0793. The van der Waals surface area contributed by atoms with E-state index in [1.54, 1.807) is 24.3 Å². The topological polar surface area (TPSA) is 67.8 Å². The Morgan fingerprint density at radius 1 is 1.17 bits per heavy atom. The van der Waals surface area contributed by atoms with Crippen LogP contribution in [-0.4, -0.2) is 11.0 Å². The highest BCUT2D eigenvalue weighted by Crippen LogP contribution is 2.24. The highest BCUT2D eigenvalue weighted by Gasteiger charge is 2.08. The van der Waals surface area contributed by atoms with Crippen molar-refractivity contribution in [1.82, 2.24) is 0 Å². The molecule has 0 fully saturated rings. The van der Waals surface area contributed by atoms with Crippen LogP contribution in [-0.2, 0) is 0 Å². The lowest BCUT2D eigenvalue weighted by molar-refractivity contribution is 0.318. The van der Waals surface area contributed by atoms with Crippen LogP contribution < -0.4 is 10.5 Å². The maximum atomic E-state index is 13.7. The van der Waals surface area contributed by atoms with Crippen LogP contribution in [0.5, 0.6) is 11.5 Å². The molecule has 0 unspecified atom stereocenters. The van der Waals surface area contributed by atoms with Crippen LogP contribution in [0.15, 0.2) is 53.7 Å². The molecule has 0 saturated heterocycles. The number of halogens is 1. The summed E-state index contributed by atoms with van der Waals surface area (Å²) in [7, 11) is 0. The van der Waals surface area contributed by atoms with Gasteiger partial charge in [0.25, 0.3) is 0 Å². The highest BCUT2D eigenvalue weighted by molar-refractivity contribution is 5.97. The predicted octanol–water partition coefficient (Wildman–Crippen LogP) is 2.71. The van der Waals surface area contributed by atoms with Gasteiger partial charge in [-0.1, -0.05) is 23.4 Å². The zero-order valence-corrected chi connectivity index (χ0v) is 9.38. The molecule has 92 valence electrons. The zero-order valence-electron chi connectivity index (χ0n) is 9.38. The average Bonchev–Trinajstić information content (AvgIpc) is 2.41. The average molecular weight is 246 g/mol. The number of oxime groups is 1. The SMILES string of the molecule is N/C(=N\O)c1ccc(Oc2ccccc2)c(F)c1. The monoisotopic (exact) mass is 246 g/mol. The number of amidine groups is 1. The number of hydrogen-bond acceptors (Lipinski definition) is 3. The van der Waals surface area contributed by atoms with Gasteiger partial charge in [0.15, 0.2) is 17.4 Å². The molecule has 0 heterocycles. The molecule has 0 atom stereocenters. The molecule has 2 aromatic rings. The number of para-hydroxylation sites is 1. The van der Waals surface area contributed by atoms with Crippen molar-refractivity contribution in [2.24, 2.45) is 10.9 Å². The molecule has 5 heteroatoms. The van der Waals surface area contributed by atoms with E-state index < -0.39 is 5.82 Å². The van der Waals surface area contributed by atoms with Crippen LogP contribution in [0.25, 0.3) is 0 Å². The smallest absolute Gasteiger partial charge is 0.170 e. The second-order valence-electron chi connectivity index (χ2n) is 3.55. The van der Waals surface area contributed by atoms with E-state index >= 15 is 0 Å². The lowest BCUT2D eigenvalue weighted by Crippen LogP contribution is -2.13. The van der Waals surface area contributed by atoms with E-state index in [4.69, 9.17) is 15.7 Å². The summed E-state index contributed by atoms with van der Waals surface area (Å²) in [5.74, 6) is -0.119. The summed E-state index contributed by atoms with van der Waals surface area (Å²) in [5.41, 5.74) is 5.65. The molecule has 0 spiro atoms. The predicted molar refractivity (Wildman–Crippen MR) is 65.4 cm³/mol. The molecule has 3 N–H and O–H groups in total. The summed E-state index contributed by atoms with van der Waals surface area (Å²) in [4.78, 5) is 0. The van der Waals surface area contributed by atoms with Crippen LogP contribution in [0.3, 0.4) is 0 Å². The second kappa shape index (κ2) is 5.18. The van der Waals surface area contributed by atoms with Gasteiger partial charge in [-0.05, 0) is 30.3 Å². The van der Waals surface area contributed by atoms with Gasteiger partial charge in [0.1, 0.15) is 5.75 Å². The van der Waals surface area contributed by atoms with Gasteiger partial charge >= 0.3 is 0 Å². The van der Waals surface area contributed by atoms with Crippen LogP contribution in [0.1, 0.15) is 5.56 Å². The quantitative estimate of drug-likeness (QED) is 0.378. The van der Waals surface area contributed by atoms with Gasteiger partial charge in [-0.2, -0.15) is 0 Å². The maximum Gasteiger partial charge on any atom is 0.170 e. The minimum atomic E-state index is -0.581. The number of rotatable bonds is 3. The molecular weight excluding hydrogens is 235 g/mol. The molecule has 0 bridgehead atoms. The Balaban J connectivity index is 2.26. The first-order valence-electron chi connectivity index (χ1n) is 5.21. The standard InChI is InChI=1S/C13H11FN2O2/c14-11-8-9(13(15)16-17)6-7-12(11)18-10-4-2-1-3-5-10/h1-8,17H,(H2,15,16). The van der Waals surface area contributed by atoms with Crippen molar-refractivity contribution in [2.75, 3.05) is 0 Å². The van der Waals surface area contributed by atoms with Crippen molar-refractivity contribution >= 4 is 5.84 Å². The zero-order chi connectivity index (χ0) is 13.0. The van der Waals surface area contributed by atoms with Gasteiger partial charge in [-0.3, -0.25) is 0 Å². The van der Waals surface area contributed by atoms with Gasteiger partial charge in [0.05, 0.1) is 0 Å². The summed E-state index contributed by atoms with van der Waals surface area (Å²) < 4.78 is 19.1. The van der Waals surface area contributed by atoms with Gasteiger partial charge in [-0.15, -0.1) is 0 Å². The molecule has 0 aliphatic rings. The lowest BCUT2D eigenvalue weighted by Gasteiger charge is -2.07. The van der Waals surface area contributed by atoms with Crippen LogP contribution >= 0.6 is 0 Å².